The van der Waals surface area contributed by atoms with Gasteiger partial charge in [-0.3, -0.25) is 15.0 Å². The van der Waals surface area contributed by atoms with E-state index in [4.69, 9.17) is 4.43 Å². The zero-order valence-electron chi connectivity index (χ0n) is 10.4. The van der Waals surface area contributed by atoms with Crippen LogP contribution in [0.4, 0.5) is 10.1 Å². The molecule has 18 heavy (non-hydrogen) atoms. The molecule has 0 radical (unpaired) electrons. The van der Waals surface area contributed by atoms with Crippen LogP contribution in [0.15, 0.2) is 11.2 Å². The van der Waals surface area contributed by atoms with Crippen LogP contribution >= 0.6 is 11.3 Å². The second-order valence-corrected chi connectivity index (χ2v) is 10.2. The molecule has 0 aliphatic carbocycles. The Morgan fingerprint density at radius 2 is 2.28 bits per heavy atom. The van der Waals surface area contributed by atoms with Crippen molar-refractivity contribution in [1.82, 2.24) is 4.98 Å². The topological polar surface area (TPSA) is 80.9 Å². The van der Waals surface area contributed by atoms with Crippen LogP contribution in [0.25, 0.3) is 0 Å². The highest BCUT2D eigenvalue weighted by Crippen LogP contribution is 2.30. The van der Waals surface area contributed by atoms with E-state index >= 15 is 0 Å². The Morgan fingerprint density at radius 1 is 1.56 bits per heavy atom. The van der Waals surface area contributed by atoms with E-state index in [2.05, 4.69) is 29.6 Å². The minimum Gasteiger partial charge on any atom is -0.519 e. The number of hydrogen-bond donors (Lipinski definition) is 0. The molecule has 0 bridgehead atoms. The zero-order valence-corrected chi connectivity index (χ0v) is 12.2. The number of aliphatic imine (C=N–C) groups is 1. The quantitative estimate of drug-likeness (QED) is 0.483. The van der Waals surface area contributed by atoms with Crippen molar-refractivity contribution in [2.45, 2.75) is 19.6 Å². The van der Waals surface area contributed by atoms with E-state index in [9.17, 15) is 10.1 Å². The summed E-state index contributed by atoms with van der Waals surface area (Å²) in [5, 5.41) is 11.2. The summed E-state index contributed by atoms with van der Waals surface area (Å²) in [4.78, 5) is 20.3. The summed E-state index contributed by atoms with van der Waals surface area (Å²) in [6.07, 6.45) is 1.27. The molecule has 0 amide bonds. The van der Waals surface area contributed by atoms with E-state index in [-0.39, 0.29) is 5.00 Å². The number of amidine groups is 1. The molecule has 0 saturated carbocycles. The number of rotatable bonds is 3. The van der Waals surface area contributed by atoms with Crippen molar-refractivity contribution in [1.29, 1.82) is 0 Å². The number of anilines is 1. The molecule has 0 N–H and O–H groups in total. The first kappa shape index (κ1) is 13.0. The van der Waals surface area contributed by atoms with E-state index in [0.29, 0.717) is 24.2 Å². The molecule has 1 aliphatic rings. The molecular formula is C9H14N4O3SSi. The van der Waals surface area contributed by atoms with Crippen molar-refractivity contribution in [3.8, 4) is 0 Å². The molecule has 1 aromatic heterocycles. The summed E-state index contributed by atoms with van der Waals surface area (Å²) in [5.41, 5.74) is 0. The molecule has 0 unspecified atom stereocenters. The molecule has 0 spiro atoms. The minimum absolute atomic E-state index is 0.0317. The van der Waals surface area contributed by atoms with E-state index < -0.39 is 13.2 Å². The maximum absolute atomic E-state index is 10.6. The largest absolute Gasteiger partial charge is 0.519 e. The fourth-order valence-electron chi connectivity index (χ4n) is 1.43. The number of nitrogens with zero attached hydrogens (tertiary/aromatic N) is 4. The fraction of sp³-hybridized carbons (Fsp3) is 0.556. The van der Waals surface area contributed by atoms with Gasteiger partial charge in [-0.1, -0.05) is 0 Å². The number of aromatic nitrogens is 1. The first-order chi connectivity index (χ1) is 8.37. The lowest BCUT2D eigenvalue weighted by atomic mass is 10.6. The molecular weight excluding hydrogens is 272 g/mol. The van der Waals surface area contributed by atoms with Gasteiger partial charge in [0, 0.05) is 6.54 Å². The van der Waals surface area contributed by atoms with Gasteiger partial charge in [0.15, 0.2) is 5.13 Å². The van der Waals surface area contributed by atoms with Crippen molar-refractivity contribution in [2.75, 3.05) is 18.0 Å². The van der Waals surface area contributed by atoms with Gasteiger partial charge in [0.2, 0.25) is 8.32 Å². The fourth-order valence-corrected chi connectivity index (χ4v) is 2.91. The van der Waals surface area contributed by atoms with Crippen LogP contribution in [0.1, 0.15) is 0 Å². The van der Waals surface area contributed by atoms with Gasteiger partial charge in [-0.25, -0.2) is 9.98 Å². The second-order valence-electron chi connectivity index (χ2n) is 4.77. The second kappa shape index (κ2) is 4.65. The Labute approximate surface area is 109 Å². The molecule has 9 heteroatoms. The van der Waals surface area contributed by atoms with Crippen molar-refractivity contribution >= 4 is 35.8 Å². The average Bonchev–Trinajstić information content (AvgIpc) is 2.81. The van der Waals surface area contributed by atoms with E-state index in [0.717, 1.165) is 11.3 Å². The third-order valence-electron chi connectivity index (χ3n) is 2.09. The van der Waals surface area contributed by atoms with Gasteiger partial charge in [-0.05, 0) is 31.0 Å². The Kier molecular flexibility index (Phi) is 3.35. The summed E-state index contributed by atoms with van der Waals surface area (Å²) in [7, 11) is -1.74. The minimum atomic E-state index is -1.74. The highest BCUT2D eigenvalue weighted by Gasteiger charge is 2.29. The van der Waals surface area contributed by atoms with E-state index in [1.165, 1.54) is 6.20 Å². The summed E-state index contributed by atoms with van der Waals surface area (Å²) >= 11 is 1.04. The van der Waals surface area contributed by atoms with Crippen LogP contribution in [-0.2, 0) is 4.43 Å². The highest BCUT2D eigenvalue weighted by molar-refractivity contribution is 7.18. The number of thiazole rings is 1. The van der Waals surface area contributed by atoms with Crippen LogP contribution in [0, 0.1) is 10.1 Å². The predicted octanol–water partition coefficient (Wildman–Crippen LogP) is 2.08. The lowest BCUT2D eigenvalue weighted by Crippen LogP contribution is -2.37. The average molecular weight is 286 g/mol. The molecule has 0 saturated heterocycles. The molecule has 0 fully saturated rings. The lowest BCUT2D eigenvalue weighted by molar-refractivity contribution is -0.380. The summed E-state index contributed by atoms with van der Waals surface area (Å²) in [6.45, 7) is 7.49. The Balaban J connectivity index is 2.17. The lowest BCUT2D eigenvalue weighted by Gasteiger charge is -2.24. The van der Waals surface area contributed by atoms with Crippen LogP contribution < -0.4 is 4.90 Å². The molecule has 2 rings (SSSR count). The van der Waals surface area contributed by atoms with Crippen molar-refractivity contribution < 1.29 is 9.35 Å². The Hall–Kier alpha value is -1.48. The molecule has 0 atom stereocenters. The van der Waals surface area contributed by atoms with Crippen LogP contribution in [-0.4, -0.2) is 37.3 Å². The van der Waals surface area contributed by atoms with Gasteiger partial charge < -0.3 is 4.43 Å². The monoisotopic (exact) mass is 286 g/mol. The smallest absolute Gasteiger partial charge is 0.345 e. The van der Waals surface area contributed by atoms with Gasteiger partial charge in [-0.2, -0.15) is 0 Å². The standard InChI is InChI=1S/C9H14N4O3SSi/c1-18(2,3)16-8-10-4-5-12(8)9-11-6-7(17-9)13(14)15/h6H,4-5H2,1-3H3. The Bertz CT molecular complexity index is 496. The highest BCUT2D eigenvalue weighted by atomic mass is 32.1. The first-order valence-corrected chi connectivity index (χ1v) is 9.70. The molecule has 0 aromatic carbocycles. The van der Waals surface area contributed by atoms with E-state index in [1.54, 1.807) is 4.90 Å². The summed E-state index contributed by atoms with van der Waals surface area (Å²) in [5.74, 6) is 0. The molecule has 1 aliphatic heterocycles. The van der Waals surface area contributed by atoms with Crippen LogP contribution in [0.2, 0.25) is 19.6 Å². The van der Waals surface area contributed by atoms with Gasteiger partial charge >= 0.3 is 5.00 Å². The molecule has 1 aromatic rings. The van der Waals surface area contributed by atoms with Crippen LogP contribution in [0.3, 0.4) is 0 Å². The van der Waals surface area contributed by atoms with Gasteiger partial charge in [0.25, 0.3) is 6.02 Å². The van der Waals surface area contributed by atoms with Crippen molar-refractivity contribution in [2.24, 2.45) is 4.99 Å². The Morgan fingerprint density at radius 3 is 2.83 bits per heavy atom. The summed E-state index contributed by atoms with van der Waals surface area (Å²) < 4.78 is 5.85. The number of hydrogen-bond acceptors (Lipinski definition) is 7. The SMILES string of the molecule is C[Si](C)(C)OC1=NCCN1c1ncc([N+](=O)[O-])s1. The summed E-state index contributed by atoms with van der Waals surface area (Å²) in [6, 6.07) is 0.540. The van der Waals surface area contributed by atoms with Crippen LogP contribution in [0.5, 0.6) is 0 Å². The normalized spacial score (nSPS) is 15.7. The predicted molar refractivity (Wildman–Crippen MR) is 72.8 cm³/mol. The van der Waals surface area contributed by atoms with Crippen molar-refractivity contribution in [3.63, 3.8) is 0 Å². The maximum atomic E-state index is 10.6. The zero-order chi connectivity index (χ0) is 13.3. The van der Waals surface area contributed by atoms with Gasteiger partial charge in [0.05, 0.1) is 11.5 Å². The maximum Gasteiger partial charge on any atom is 0.345 e. The van der Waals surface area contributed by atoms with Crippen molar-refractivity contribution in [3.05, 3.63) is 16.3 Å². The van der Waals surface area contributed by atoms with Gasteiger partial charge in [-0.15, -0.1) is 0 Å². The first-order valence-electron chi connectivity index (χ1n) is 5.48. The molecule has 2 heterocycles. The number of nitro groups is 1. The third kappa shape index (κ3) is 2.85. The van der Waals surface area contributed by atoms with Gasteiger partial charge in [0.1, 0.15) is 6.20 Å². The van der Waals surface area contributed by atoms with E-state index in [1.807, 2.05) is 0 Å². The molecule has 7 nitrogen and oxygen atoms in total. The third-order valence-corrected chi connectivity index (χ3v) is 3.86. The molecule has 98 valence electrons.